The molecule has 9 nitrogen and oxygen atoms in total. The van der Waals surface area contributed by atoms with Gasteiger partial charge in [0, 0.05) is 35.3 Å². The van der Waals surface area contributed by atoms with E-state index in [-0.39, 0.29) is 5.91 Å². The van der Waals surface area contributed by atoms with Gasteiger partial charge in [-0.15, -0.1) is 0 Å². The van der Waals surface area contributed by atoms with Crippen molar-refractivity contribution in [2.24, 2.45) is 0 Å². The number of carbonyl (C=O) groups is 1. The van der Waals surface area contributed by atoms with E-state index in [1.165, 1.54) is 0 Å². The number of benzene rings is 2. The van der Waals surface area contributed by atoms with Crippen LogP contribution >= 0.6 is 11.6 Å². The van der Waals surface area contributed by atoms with E-state index < -0.39 is 0 Å². The maximum atomic E-state index is 11.0. The minimum absolute atomic E-state index is 0.329. The number of rotatable bonds is 12. The van der Waals surface area contributed by atoms with Gasteiger partial charge in [-0.1, -0.05) is 49.1 Å². The molecule has 0 unspecified atom stereocenters. The van der Waals surface area contributed by atoms with Crippen LogP contribution in [0.15, 0.2) is 60.9 Å². The second-order valence-corrected chi connectivity index (χ2v) is 8.65. The second kappa shape index (κ2) is 12.1. The van der Waals surface area contributed by atoms with Crippen LogP contribution in [0.5, 0.6) is 0 Å². The molecule has 2 aromatic carbocycles. The van der Waals surface area contributed by atoms with Gasteiger partial charge in [-0.05, 0) is 43.2 Å². The fourth-order valence-electron chi connectivity index (χ4n) is 3.76. The first-order chi connectivity index (χ1) is 17.1. The average molecular weight is 494 g/mol. The Balaban J connectivity index is 1.35. The van der Waals surface area contributed by atoms with Crippen molar-refractivity contribution >= 4 is 51.6 Å². The molecule has 182 valence electrons. The van der Waals surface area contributed by atoms with Crippen LogP contribution in [0.2, 0.25) is 5.02 Å². The second-order valence-electron chi connectivity index (χ2n) is 8.22. The van der Waals surface area contributed by atoms with Gasteiger partial charge in [-0.2, -0.15) is 10.1 Å². The van der Waals surface area contributed by atoms with Crippen molar-refractivity contribution in [3.63, 3.8) is 0 Å². The fraction of sp³-hybridized carbons (Fsp3) is 0.280. The molecule has 0 saturated carbocycles. The Kier molecular flexibility index (Phi) is 8.48. The monoisotopic (exact) mass is 493 g/mol. The average Bonchev–Trinajstić information content (AvgIpc) is 3.30. The van der Waals surface area contributed by atoms with Crippen molar-refractivity contribution < 1.29 is 10.0 Å². The van der Waals surface area contributed by atoms with Crippen molar-refractivity contribution in [2.75, 3.05) is 10.6 Å². The summed E-state index contributed by atoms with van der Waals surface area (Å²) in [5.41, 5.74) is 4.13. The third-order valence-corrected chi connectivity index (χ3v) is 5.73. The maximum Gasteiger partial charge on any atom is 0.243 e. The van der Waals surface area contributed by atoms with Crippen LogP contribution in [-0.2, 0) is 11.3 Å². The van der Waals surface area contributed by atoms with Crippen LogP contribution in [0.25, 0.3) is 10.9 Å². The molecule has 1 amide bonds. The van der Waals surface area contributed by atoms with Gasteiger partial charge in [0.25, 0.3) is 0 Å². The Labute approximate surface area is 208 Å². The predicted octanol–water partition coefficient (Wildman–Crippen LogP) is 5.81. The van der Waals surface area contributed by atoms with E-state index in [1.54, 1.807) is 11.7 Å². The molecule has 0 radical (unpaired) electrons. The largest absolute Gasteiger partial charge is 0.340 e. The molecular weight excluding hydrogens is 466 g/mol. The molecule has 10 heteroatoms. The van der Waals surface area contributed by atoms with Crippen LogP contribution in [0.1, 0.15) is 38.5 Å². The number of unbranched alkanes of at least 4 members (excludes halogenated alkanes) is 4. The summed E-state index contributed by atoms with van der Waals surface area (Å²) >= 11 is 6.14. The quantitative estimate of drug-likeness (QED) is 0.112. The highest BCUT2D eigenvalue weighted by Gasteiger charge is 2.10. The number of anilines is 4. The first-order valence-corrected chi connectivity index (χ1v) is 12.0. The van der Waals surface area contributed by atoms with E-state index >= 15 is 0 Å². The van der Waals surface area contributed by atoms with Crippen LogP contribution in [0, 0.1) is 0 Å². The molecule has 4 N–H and O–H groups in total. The minimum atomic E-state index is -0.329. The van der Waals surface area contributed by atoms with Crippen LogP contribution < -0.4 is 16.1 Å². The Morgan fingerprint density at radius 3 is 2.63 bits per heavy atom. The van der Waals surface area contributed by atoms with Crippen molar-refractivity contribution in [1.29, 1.82) is 0 Å². The number of aromatic nitrogens is 4. The number of carbonyl (C=O) groups excluding carboxylic acids is 1. The van der Waals surface area contributed by atoms with Gasteiger partial charge in [-0.3, -0.25) is 14.7 Å². The van der Waals surface area contributed by atoms with Crippen molar-refractivity contribution in [3.8, 4) is 0 Å². The molecule has 0 bridgehead atoms. The predicted molar refractivity (Wildman–Crippen MR) is 137 cm³/mol. The molecule has 0 aliphatic carbocycles. The molecule has 35 heavy (non-hydrogen) atoms. The zero-order valence-corrected chi connectivity index (χ0v) is 20.0. The summed E-state index contributed by atoms with van der Waals surface area (Å²) in [7, 11) is 0. The Bertz CT molecular complexity index is 1280. The lowest BCUT2D eigenvalue weighted by Crippen LogP contribution is -2.17. The molecule has 0 aliphatic rings. The molecule has 0 fully saturated rings. The molecule has 2 heterocycles. The van der Waals surface area contributed by atoms with E-state index in [4.69, 9.17) is 21.8 Å². The molecule has 0 spiro atoms. The summed E-state index contributed by atoms with van der Waals surface area (Å²) in [5.74, 6) is 0.827. The fourth-order valence-corrected chi connectivity index (χ4v) is 3.95. The third kappa shape index (κ3) is 7.14. The summed E-state index contributed by atoms with van der Waals surface area (Å²) in [6.45, 7) is 0.805. The molecule has 2 aromatic heterocycles. The Hall–Kier alpha value is -3.69. The van der Waals surface area contributed by atoms with Gasteiger partial charge in [-0.25, -0.2) is 10.5 Å². The highest BCUT2D eigenvalue weighted by molar-refractivity contribution is 6.30. The SMILES string of the molecule is O=C(CCCCCCCn1cc(Nc2nc(Nc3cccc(Cl)c3)c3ccccc3n2)cn1)NO. The smallest absolute Gasteiger partial charge is 0.243 e. The van der Waals surface area contributed by atoms with E-state index in [0.29, 0.717) is 23.2 Å². The first-order valence-electron chi connectivity index (χ1n) is 11.6. The van der Waals surface area contributed by atoms with E-state index in [1.807, 2.05) is 59.4 Å². The van der Waals surface area contributed by atoms with E-state index in [2.05, 4.69) is 20.7 Å². The number of amides is 1. The maximum absolute atomic E-state index is 11.0. The van der Waals surface area contributed by atoms with Gasteiger partial charge < -0.3 is 10.6 Å². The molecule has 0 saturated heterocycles. The standard InChI is InChI=1S/C25H28ClN7O2/c26-18-9-8-10-19(15-18)28-24-21-11-5-6-12-22(21)30-25(31-24)29-20-16-27-33(17-20)14-7-3-1-2-4-13-23(34)32-35/h5-6,8-12,15-17,35H,1-4,7,13-14H2,(H,32,34)(H2,28,29,30,31). The number of hydrogen-bond donors (Lipinski definition) is 4. The summed E-state index contributed by atoms with van der Waals surface area (Å²) < 4.78 is 1.90. The zero-order chi connectivity index (χ0) is 24.5. The van der Waals surface area contributed by atoms with Crippen molar-refractivity contribution in [3.05, 3.63) is 65.9 Å². The third-order valence-electron chi connectivity index (χ3n) is 5.50. The molecule has 4 aromatic rings. The van der Waals surface area contributed by atoms with Gasteiger partial charge in [0.1, 0.15) is 5.82 Å². The van der Waals surface area contributed by atoms with Gasteiger partial charge in [0.05, 0.1) is 17.4 Å². The van der Waals surface area contributed by atoms with Crippen LogP contribution in [0.3, 0.4) is 0 Å². The number of hydrogen-bond acceptors (Lipinski definition) is 7. The first kappa shape index (κ1) is 24.4. The molecule has 0 aliphatic heterocycles. The lowest BCUT2D eigenvalue weighted by Gasteiger charge is -2.11. The topological polar surface area (TPSA) is 117 Å². The molecule has 0 atom stereocenters. The van der Waals surface area contributed by atoms with Gasteiger partial charge in [0.15, 0.2) is 0 Å². The number of aryl methyl sites for hydroxylation is 1. The van der Waals surface area contributed by atoms with E-state index in [9.17, 15) is 4.79 Å². The normalized spacial score (nSPS) is 10.9. The molecular formula is C25H28ClN7O2. The lowest BCUT2D eigenvalue weighted by atomic mass is 10.1. The number of fused-ring (bicyclic) bond motifs is 1. The van der Waals surface area contributed by atoms with Crippen LogP contribution in [0.4, 0.5) is 23.1 Å². The Morgan fingerprint density at radius 1 is 0.943 bits per heavy atom. The van der Waals surface area contributed by atoms with Crippen molar-refractivity contribution in [1.82, 2.24) is 25.2 Å². The number of halogens is 1. The highest BCUT2D eigenvalue weighted by atomic mass is 35.5. The summed E-state index contributed by atoms with van der Waals surface area (Å²) in [4.78, 5) is 20.3. The number of para-hydroxylation sites is 1. The lowest BCUT2D eigenvalue weighted by molar-refractivity contribution is -0.129. The number of nitrogens with zero attached hydrogens (tertiary/aromatic N) is 4. The number of hydroxylamine groups is 1. The summed E-state index contributed by atoms with van der Waals surface area (Å²) in [6.07, 6.45) is 8.89. The van der Waals surface area contributed by atoms with E-state index in [0.717, 1.165) is 60.9 Å². The zero-order valence-electron chi connectivity index (χ0n) is 19.2. The van der Waals surface area contributed by atoms with Gasteiger partial charge >= 0.3 is 0 Å². The minimum Gasteiger partial charge on any atom is -0.340 e. The highest BCUT2D eigenvalue weighted by Crippen LogP contribution is 2.27. The molecule has 4 rings (SSSR count). The summed E-state index contributed by atoms with van der Waals surface area (Å²) in [6, 6.07) is 15.3. The van der Waals surface area contributed by atoms with Gasteiger partial charge in [0.2, 0.25) is 11.9 Å². The van der Waals surface area contributed by atoms with Crippen molar-refractivity contribution in [2.45, 2.75) is 45.1 Å². The van der Waals surface area contributed by atoms with Crippen LogP contribution in [-0.4, -0.2) is 30.9 Å². The Morgan fingerprint density at radius 2 is 1.77 bits per heavy atom. The number of nitrogens with one attached hydrogen (secondary N) is 3. The summed E-state index contributed by atoms with van der Waals surface area (Å²) in [5, 5.41) is 21.1.